The van der Waals surface area contributed by atoms with Crippen molar-refractivity contribution in [1.82, 2.24) is 24.6 Å². The van der Waals surface area contributed by atoms with E-state index in [2.05, 4.69) is 20.0 Å². The Hall–Kier alpha value is -3.57. The highest BCUT2D eigenvalue weighted by Gasteiger charge is 2.41. The van der Waals surface area contributed by atoms with Gasteiger partial charge in [-0.2, -0.15) is 5.09 Å². The molecule has 3 atom stereocenters. The summed E-state index contributed by atoms with van der Waals surface area (Å²) in [4.78, 5) is 24.9. The minimum Gasteiger partial charge on any atom is -0.468 e. The fourth-order valence-corrected chi connectivity index (χ4v) is 6.32. The summed E-state index contributed by atoms with van der Waals surface area (Å²) >= 11 is 0. The smallest absolute Gasteiger partial charge is 0.459 e. The van der Waals surface area contributed by atoms with Crippen molar-refractivity contribution in [3.05, 3.63) is 55.1 Å². The zero-order valence-electron chi connectivity index (χ0n) is 21.9. The normalized spacial score (nSPS) is 19.3. The first kappa shape index (κ1) is 27.0. The van der Waals surface area contributed by atoms with Crippen LogP contribution in [0.15, 0.2) is 55.1 Å². The van der Waals surface area contributed by atoms with Crippen molar-refractivity contribution in [3.8, 4) is 5.75 Å². The molecule has 1 aliphatic heterocycles. The van der Waals surface area contributed by atoms with Crippen LogP contribution in [0.3, 0.4) is 0 Å². The van der Waals surface area contributed by atoms with Gasteiger partial charge >= 0.3 is 13.7 Å². The highest BCUT2D eigenvalue weighted by Crippen LogP contribution is 2.48. The predicted octanol–water partition coefficient (Wildman–Crippen LogP) is 3.85. The molecule has 3 N–H and O–H groups in total. The zero-order valence-corrected chi connectivity index (χ0v) is 22.8. The van der Waals surface area contributed by atoms with Crippen LogP contribution < -0.4 is 15.3 Å². The molecule has 4 aromatic rings. The van der Waals surface area contributed by atoms with Crippen LogP contribution in [0.5, 0.6) is 5.75 Å². The molecule has 0 amide bonds. The van der Waals surface area contributed by atoms with E-state index in [1.165, 1.54) is 13.4 Å². The summed E-state index contributed by atoms with van der Waals surface area (Å²) in [6, 6.07) is 13.0. The van der Waals surface area contributed by atoms with Crippen LogP contribution in [0.1, 0.15) is 26.7 Å². The van der Waals surface area contributed by atoms with Gasteiger partial charge in [0.25, 0.3) is 0 Å². The Labute approximate surface area is 225 Å². The molecule has 0 radical (unpaired) electrons. The molecular formula is C26H31N6O6P. The van der Waals surface area contributed by atoms with E-state index in [1.54, 1.807) is 32.3 Å². The second-order valence-electron chi connectivity index (χ2n) is 9.88. The van der Waals surface area contributed by atoms with Crippen molar-refractivity contribution in [2.45, 2.75) is 51.0 Å². The predicted molar refractivity (Wildman–Crippen MR) is 145 cm³/mol. The lowest BCUT2D eigenvalue weighted by atomic mass is 10.1. The molecule has 1 saturated heterocycles. The van der Waals surface area contributed by atoms with Gasteiger partial charge in [0, 0.05) is 5.39 Å². The molecule has 0 aliphatic carbocycles. The number of carbonyl (C=O) groups is 1. The Morgan fingerprint density at radius 3 is 2.74 bits per heavy atom. The lowest BCUT2D eigenvalue weighted by Gasteiger charge is -2.29. The van der Waals surface area contributed by atoms with Gasteiger partial charge < -0.3 is 24.3 Å². The van der Waals surface area contributed by atoms with E-state index in [9.17, 15) is 9.36 Å². The van der Waals surface area contributed by atoms with Gasteiger partial charge in [-0.3, -0.25) is 9.32 Å². The lowest BCUT2D eigenvalue weighted by Crippen LogP contribution is -2.46. The third-order valence-corrected chi connectivity index (χ3v) is 8.29. The number of nitrogen functional groups attached to an aromatic ring is 1. The summed E-state index contributed by atoms with van der Waals surface area (Å²) in [5.41, 5.74) is 5.72. The van der Waals surface area contributed by atoms with Crippen molar-refractivity contribution >= 4 is 41.5 Å². The number of anilines is 1. The average molecular weight is 555 g/mol. The molecule has 206 valence electrons. The maximum atomic E-state index is 14.1. The number of imidazole rings is 1. The maximum Gasteiger partial charge on any atom is 0.459 e. The van der Waals surface area contributed by atoms with Gasteiger partial charge in [-0.1, -0.05) is 36.4 Å². The van der Waals surface area contributed by atoms with Crippen LogP contribution in [0, 0.1) is 0 Å². The van der Waals surface area contributed by atoms with E-state index in [0.29, 0.717) is 35.7 Å². The number of fused-ring (bicyclic) bond motifs is 2. The Balaban J connectivity index is 1.30. The van der Waals surface area contributed by atoms with Gasteiger partial charge in [0.15, 0.2) is 11.5 Å². The summed E-state index contributed by atoms with van der Waals surface area (Å²) in [6.45, 7) is 3.61. The number of methoxy groups -OCH3 is 1. The topological polar surface area (TPSA) is 153 Å². The van der Waals surface area contributed by atoms with Gasteiger partial charge in [-0.15, -0.1) is 0 Å². The Morgan fingerprint density at radius 1 is 1.15 bits per heavy atom. The molecule has 2 aromatic carbocycles. The molecule has 1 unspecified atom stereocenters. The van der Waals surface area contributed by atoms with Crippen LogP contribution in [-0.4, -0.2) is 57.0 Å². The third-order valence-electron chi connectivity index (χ3n) is 6.54. The molecule has 3 heterocycles. The SMILES string of the molecule is COC(=O)C(C)(C)NP(=O)(OC[C@@H]1CC[C@H](Cn2cnc3c(N)ncnc32)O1)Oc1cccc2ccccc12. The molecule has 1 fully saturated rings. The first-order valence-electron chi connectivity index (χ1n) is 12.5. The van der Waals surface area contributed by atoms with Gasteiger partial charge in [0.1, 0.15) is 23.1 Å². The number of hydrogen-bond acceptors (Lipinski definition) is 10. The van der Waals surface area contributed by atoms with Crippen molar-refractivity contribution in [2.24, 2.45) is 0 Å². The number of nitrogens with two attached hydrogens (primary N) is 1. The molecule has 12 nitrogen and oxygen atoms in total. The van der Waals surface area contributed by atoms with Gasteiger partial charge in [0.2, 0.25) is 0 Å². The summed E-state index contributed by atoms with van der Waals surface area (Å²) < 4.78 is 38.9. The van der Waals surface area contributed by atoms with Gasteiger partial charge in [0.05, 0.1) is 38.8 Å². The van der Waals surface area contributed by atoms with Crippen LogP contribution in [0.25, 0.3) is 21.9 Å². The summed E-state index contributed by atoms with van der Waals surface area (Å²) in [7, 11) is -2.81. The number of hydrogen-bond donors (Lipinski definition) is 2. The minimum absolute atomic E-state index is 0.0113. The Kier molecular flexibility index (Phi) is 7.55. The van der Waals surface area contributed by atoms with E-state index in [1.807, 2.05) is 34.9 Å². The number of benzene rings is 2. The molecule has 5 rings (SSSR count). The summed E-state index contributed by atoms with van der Waals surface area (Å²) in [5, 5.41) is 4.44. The molecule has 39 heavy (non-hydrogen) atoms. The van der Waals surface area contributed by atoms with Crippen LogP contribution in [-0.2, 0) is 29.9 Å². The van der Waals surface area contributed by atoms with Gasteiger partial charge in [-0.05, 0) is 38.1 Å². The van der Waals surface area contributed by atoms with E-state index >= 15 is 0 Å². The third kappa shape index (κ3) is 5.89. The number of aromatic nitrogens is 4. The first-order chi connectivity index (χ1) is 18.7. The van der Waals surface area contributed by atoms with Crippen LogP contribution in [0.4, 0.5) is 5.82 Å². The number of nitrogens with zero attached hydrogens (tertiary/aromatic N) is 4. The van der Waals surface area contributed by atoms with E-state index in [0.717, 1.165) is 17.2 Å². The molecule has 0 bridgehead atoms. The lowest BCUT2D eigenvalue weighted by molar-refractivity contribution is -0.146. The summed E-state index contributed by atoms with van der Waals surface area (Å²) in [5.74, 6) is 0.0757. The van der Waals surface area contributed by atoms with Crippen molar-refractivity contribution in [1.29, 1.82) is 0 Å². The fraction of sp³-hybridized carbons (Fsp3) is 0.385. The van der Waals surface area contributed by atoms with Crippen LogP contribution >= 0.6 is 7.75 Å². The average Bonchev–Trinajstić information content (AvgIpc) is 3.55. The largest absolute Gasteiger partial charge is 0.468 e. The highest BCUT2D eigenvalue weighted by molar-refractivity contribution is 7.52. The fourth-order valence-electron chi connectivity index (χ4n) is 4.60. The molecular weight excluding hydrogens is 523 g/mol. The maximum absolute atomic E-state index is 14.1. The van der Waals surface area contributed by atoms with Crippen molar-refractivity contribution in [2.75, 3.05) is 19.5 Å². The number of ether oxygens (including phenoxy) is 2. The zero-order chi connectivity index (χ0) is 27.6. The summed E-state index contributed by atoms with van der Waals surface area (Å²) in [6.07, 6.45) is 4.03. The van der Waals surface area contributed by atoms with Gasteiger partial charge in [-0.25, -0.2) is 19.5 Å². The standard InChI is InChI=1S/C26H31N6O6P/c1-26(2,25(33)35-3)31-39(34,38-21-10-6-8-17-7-4-5-9-20(17)21)36-14-19-12-11-18(37-19)13-32-16-30-22-23(27)28-15-29-24(22)32/h4-10,15-16,18-19H,11-14H2,1-3H3,(H,31,34)(H2,27,28,29)/t18-,19+,39?/m1/s1. The minimum atomic E-state index is -4.08. The second kappa shape index (κ2) is 10.9. The quantitative estimate of drug-likeness (QED) is 0.217. The molecule has 1 aliphatic rings. The molecule has 0 saturated carbocycles. The van der Waals surface area contributed by atoms with Crippen LogP contribution in [0.2, 0.25) is 0 Å². The molecule has 13 heteroatoms. The highest BCUT2D eigenvalue weighted by atomic mass is 31.2. The Morgan fingerprint density at radius 2 is 1.92 bits per heavy atom. The number of nitrogens with one attached hydrogen (secondary N) is 1. The molecule has 2 aromatic heterocycles. The van der Waals surface area contributed by atoms with E-state index in [-0.39, 0.29) is 18.8 Å². The number of esters is 1. The Bertz CT molecular complexity index is 1540. The number of rotatable bonds is 10. The monoisotopic (exact) mass is 554 g/mol. The van der Waals surface area contributed by atoms with E-state index < -0.39 is 19.3 Å². The van der Waals surface area contributed by atoms with Crippen molar-refractivity contribution in [3.63, 3.8) is 0 Å². The first-order valence-corrected chi connectivity index (χ1v) is 14.1. The number of carbonyl (C=O) groups excluding carboxylic acids is 1. The van der Waals surface area contributed by atoms with Crippen molar-refractivity contribution < 1.29 is 27.9 Å². The molecule has 0 spiro atoms. The second-order valence-corrected chi connectivity index (χ2v) is 11.5. The van der Waals surface area contributed by atoms with E-state index in [4.69, 9.17) is 24.3 Å².